The van der Waals surface area contributed by atoms with E-state index in [1.54, 1.807) is 19.1 Å². The monoisotopic (exact) mass is 313 g/mol. The maximum atomic E-state index is 12.2. The molecule has 1 aliphatic rings. The summed E-state index contributed by atoms with van der Waals surface area (Å²) in [5.41, 5.74) is -0.632. The van der Waals surface area contributed by atoms with Crippen LogP contribution in [0.5, 0.6) is 0 Å². The summed E-state index contributed by atoms with van der Waals surface area (Å²) in [6.45, 7) is 3.09. The average Bonchev–Trinajstić information content (AvgIpc) is 2.72. The molecule has 0 atom stereocenters. The van der Waals surface area contributed by atoms with Crippen molar-refractivity contribution in [2.24, 2.45) is 0 Å². The van der Waals surface area contributed by atoms with Gasteiger partial charge in [0.1, 0.15) is 5.76 Å². The van der Waals surface area contributed by atoms with E-state index in [1.807, 2.05) is 0 Å². The lowest BCUT2D eigenvalue weighted by Gasteiger charge is -2.13. The first-order valence-electron chi connectivity index (χ1n) is 6.71. The molecule has 0 bridgehead atoms. The van der Waals surface area contributed by atoms with Crippen molar-refractivity contribution in [3.05, 3.63) is 68.8 Å². The van der Waals surface area contributed by atoms with Crippen LogP contribution in [0.1, 0.15) is 42.4 Å². The maximum absolute atomic E-state index is 12.2. The molecule has 3 rings (SSSR count). The van der Waals surface area contributed by atoms with Crippen molar-refractivity contribution < 1.29 is 23.6 Å². The number of imide groups is 1. The molecule has 1 aromatic heterocycles. The van der Waals surface area contributed by atoms with Crippen LogP contribution in [0.15, 0.2) is 39.5 Å². The molecule has 7 heteroatoms. The molecular formula is C16H11NO6. The van der Waals surface area contributed by atoms with Crippen molar-refractivity contribution in [3.63, 3.8) is 0 Å². The molecule has 2 aromatic rings. The first kappa shape index (κ1) is 14.7. The van der Waals surface area contributed by atoms with Gasteiger partial charge < -0.3 is 9.25 Å². The van der Waals surface area contributed by atoms with Gasteiger partial charge in [-0.15, -0.1) is 0 Å². The van der Waals surface area contributed by atoms with Gasteiger partial charge >= 0.3 is 11.6 Å². The highest BCUT2D eigenvalue weighted by Crippen LogP contribution is 2.23. The number of carbonyl (C=O) groups excluding carboxylic acids is 3. The lowest BCUT2D eigenvalue weighted by molar-refractivity contribution is -0.0588. The minimum atomic E-state index is -1.12. The fourth-order valence-electron chi connectivity index (χ4n) is 2.39. The van der Waals surface area contributed by atoms with Crippen LogP contribution < -0.4 is 5.63 Å². The van der Waals surface area contributed by atoms with Crippen LogP contribution in [0.4, 0.5) is 0 Å². The predicted molar refractivity (Wildman–Crippen MR) is 76.8 cm³/mol. The Kier molecular flexibility index (Phi) is 3.33. The van der Waals surface area contributed by atoms with Gasteiger partial charge in [-0.05, 0) is 37.6 Å². The molecule has 0 N–H and O–H groups in total. The van der Waals surface area contributed by atoms with E-state index < -0.39 is 23.4 Å². The summed E-state index contributed by atoms with van der Waals surface area (Å²) in [4.78, 5) is 53.1. The number of hydroxylamine groups is 2. The van der Waals surface area contributed by atoms with Gasteiger partial charge in [-0.3, -0.25) is 9.59 Å². The molecule has 0 radical (unpaired) electrons. The van der Waals surface area contributed by atoms with E-state index in [0.29, 0.717) is 16.4 Å². The third-order valence-electron chi connectivity index (χ3n) is 3.41. The van der Waals surface area contributed by atoms with Crippen molar-refractivity contribution in [1.82, 2.24) is 5.06 Å². The maximum Gasteiger partial charge on any atom is 0.371 e. The van der Waals surface area contributed by atoms with Gasteiger partial charge in [0.2, 0.25) is 0 Å². The van der Waals surface area contributed by atoms with Crippen molar-refractivity contribution in [3.8, 4) is 0 Å². The summed E-state index contributed by atoms with van der Waals surface area (Å²) in [5.74, 6) is -2.29. The van der Waals surface area contributed by atoms with E-state index in [4.69, 9.17) is 9.25 Å². The molecule has 7 nitrogen and oxygen atoms in total. The Morgan fingerprint density at radius 2 is 1.61 bits per heavy atom. The third kappa shape index (κ3) is 2.32. The summed E-state index contributed by atoms with van der Waals surface area (Å²) in [7, 11) is 0. The Morgan fingerprint density at radius 1 is 1.04 bits per heavy atom. The van der Waals surface area contributed by atoms with Crippen LogP contribution in [0.2, 0.25) is 0 Å². The minimum absolute atomic E-state index is 0.137. The van der Waals surface area contributed by atoms with Crippen LogP contribution in [-0.2, 0) is 4.84 Å². The number of hydrogen-bond donors (Lipinski definition) is 0. The number of rotatable bonds is 2. The molecule has 2 amide bonds. The fraction of sp³-hybridized carbons (Fsp3) is 0.125. The zero-order valence-corrected chi connectivity index (χ0v) is 12.3. The number of nitrogens with zero attached hydrogens (tertiary/aromatic N) is 1. The molecular weight excluding hydrogens is 302 g/mol. The molecule has 1 aromatic carbocycles. The first-order chi connectivity index (χ1) is 10.9. The van der Waals surface area contributed by atoms with E-state index in [0.717, 1.165) is 0 Å². The molecule has 0 spiro atoms. The topological polar surface area (TPSA) is 93.9 Å². The normalized spacial score (nSPS) is 13.2. The Morgan fingerprint density at radius 3 is 2.13 bits per heavy atom. The lowest BCUT2D eigenvalue weighted by Crippen LogP contribution is -2.34. The van der Waals surface area contributed by atoms with Crippen molar-refractivity contribution >= 4 is 17.8 Å². The first-order valence-corrected chi connectivity index (χ1v) is 6.71. The summed E-state index contributed by atoms with van der Waals surface area (Å²) in [6, 6.07) is 7.58. The van der Waals surface area contributed by atoms with Gasteiger partial charge in [0.25, 0.3) is 11.8 Å². The predicted octanol–water partition coefficient (Wildman–Crippen LogP) is 1.62. The van der Waals surface area contributed by atoms with Gasteiger partial charge in [0.15, 0.2) is 5.56 Å². The van der Waals surface area contributed by atoms with Gasteiger partial charge in [-0.2, -0.15) is 0 Å². The smallest absolute Gasteiger partial charge is 0.371 e. The number of amides is 2. The molecule has 0 unspecified atom stereocenters. The third-order valence-corrected chi connectivity index (χ3v) is 3.41. The van der Waals surface area contributed by atoms with Crippen molar-refractivity contribution in [1.29, 1.82) is 0 Å². The average molecular weight is 313 g/mol. The second-order valence-corrected chi connectivity index (χ2v) is 5.03. The van der Waals surface area contributed by atoms with Gasteiger partial charge in [-0.1, -0.05) is 17.2 Å². The van der Waals surface area contributed by atoms with Gasteiger partial charge in [0, 0.05) is 0 Å². The zero-order valence-electron chi connectivity index (χ0n) is 12.3. The van der Waals surface area contributed by atoms with Crippen molar-refractivity contribution in [2.45, 2.75) is 13.8 Å². The standard InChI is InChI=1S/C16H11NO6/c1-8-7-9(2)22-15(20)12(8)16(21)23-17-13(18)10-5-3-4-6-11(10)14(17)19/h3-7H,1-2H3. The summed E-state index contributed by atoms with van der Waals surface area (Å²) >= 11 is 0. The Hall–Kier alpha value is -3.22. The van der Waals surface area contributed by atoms with E-state index >= 15 is 0 Å². The van der Waals surface area contributed by atoms with E-state index in [1.165, 1.54) is 25.1 Å². The van der Waals surface area contributed by atoms with Crippen LogP contribution in [-0.4, -0.2) is 22.8 Å². The number of benzene rings is 1. The molecule has 23 heavy (non-hydrogen) atoms. The SMILES string of the molecule is Cc1cc(C)c(C(=O)ON2C(=O)c3ccccc3C2=O)c(=O)o1. The molecule has 0 saturated carbocycles. The zero-order chi connectivity index (χ0) is 16.7. The van der Waals surface area contributed by atoms with Gasteiger partial charge in [-0.25, -0.2) is 9.59 Å². The minimum Gasteiger partial charge on any atom is -0.428 e. The van der Waals surface area contributed by atoms with E-state index in [-0.39, 0.29) is 16.7 Å². The van der Waals surface area contributed by atoms with Gasteiger partial charge in [0.05, 0.1) is 11.1 Å². The van der Waals surface area contributed by atoms with E-state index in [2.05, 4.69) is 0 Å². The summed E-state index contributed by atoms with van der Waals surface area (Å²) in [6.07, 6.45) is 0. The summed E-state index contributed by atoms with van der Waals surface area (Å²) in [5, 5.41) is 0.353. The van der Waals surface area contributed by atoms with E-state index in [9.17, 15) is 19.2 Å². The lowest BCUT2D eigenvalue weighted by atomic mass is 10.1. The quantitative estimate of drug-likeness (QED) is 0.782. The highest BCUT2D eigenvalue weighted by Gasteiger charge is 2.39. The largest absolute Gasteiger partial charge is 0.428 e. The Bertz CT molecular complexity index is 876. The number of carbonyl (C=O) groups is 3. The molecule has 0 fully saturated rings. The number of aryl methyl sites for hydroxylation is 2. The Labute approximate surface area is 130 Å². The molecule has 116 valence electrons. The molecule has 0 saturated heterocycles. The molecule has 1 aliphatic heterocycles. The second-order valence-electron chi connectivity index (χ2n) is 5.03. The fourth-order valence-corrected chi connectivity index (χ4v) is 2.39. The van der Waals surface area contributed by atoms with Crippen molar-refractivity contribution in [2.75, 3.05) is 0 Å². The van der Waals surface area contributed by atoms with Crippen LogP contribution in [0, 0.1) is 13.8 Å². The van der Waals surface area contributed by atoms with Crippen LogP contribution in [0.3, 0.4) is 0 Å². The number of fused-ring (bicyclic) bond motifs is 1. The molecule has 2 heterocycles. The Balaban J connectivity index is 1.93. The van der Waals surface area contributed by atoms with Crippen LogP contribution >= 0.6 is 0 Å². The van der Waals surface area contributed by atoms with Crippen LogP contribution in [0.25, 0.3) is 0 Å². The number of hydrogen-bond acceptors (Lipinski definition) is 6. The highest BCUT2D eigenvalue weighted by atomic mass is 16.7. The highest BCUT2D eigenvalue weighted by molar-refractivity contribution is 6.21. The second kappa shape index (κ2) is 5.20. The molecule has 0 aliphatic carbocycles. The summed E-state index contributed by atoms with van der Waals surface area (Å²) < 4.78 is 4.85.